The van der Waals surface area contributed by atoms with E-state index in [4.69, 9.17) is 9.15 Å². The minimum atomic E-state index is -1.41. The number of benzene rings is 2. The standard InChI is InChI=1S/C20H16O4S/c1-15-8-2-4-10-17(15)23-12-6-7-13-25(22)19-14-20(21)24-18-11-5-3-9-16(18)19/h2-5,8-11,14H,12-13H2,1H3. The van der Waals surface area contributed by atoms with E-state index < -0.39 is 16.4 Å². The average Bonchev–Trinajstić information content (AvgIpc) is 2.62. The summed E-state index contributed by atoms with van der Waals surface area (Å²) < 4.78 is 23.2. The Morgan fingerprint density at radius 2 is 1.84 bits per heavy atom. The van der Waals surface area contributed by atoms with Crippen molar-refractivity contribution in [3.05, 3.63) is 70.6 Å². The van der Waals surface area contributed by atoms with Crippen LogP contribution in [0.5, 0.6) is 5.75 Å². The summed E-state index contributed by atoms with van der Waals surface area (Å²) >= 11 is 0. The van der Waals surface area contributed by atoms with Crippen LogP contribution in [0.4, 0.5) is 0 Å². The van der Waals surface area contributed by atoms with Gasteiger partial charge in [-0.25, -0.2) is 4.79 Å². The van der Waals surface area contributed by atoms with Crippen molar-refractivity contribution in [2.75, 3.05) is 12.4 Å². The van der Waals surface area contributed by atoms with Gasteiger partial charge in [0.05, 0.1) is 21.4 Å². The van der Waals surface area contributed by atoms with Gasteiger partial charge in [0.2, 0.25) is 0 Å². The summed E-state index contributed by atoms with van der Waals surface area (Å²) in [4.78, 5) is 12.1. The molecule has 1 heterocycles. The number of hydrogen-bond acceptors (Lipinski definition) is 4. The van der Waals surface area contributed by atoms with Crippen LogP contribution in [-0.4, -0.2) is 16.6 Å². The molecule has 1 unspecified atom stereocenters. The second-order valence-electron chi connectivity index (χ2n) is 5.32. The molecule has 0 aliphatic rings. The second kappa shape index (κ2) is 7.82. The third-order valence-corrected chi connectivity index (χ3v) is 4.81. The van der Waals surface area contributed by atoms with Crippen molar-refractivity contribution in [2.24, 2.45) is 0 Å². The summed E-state index contributed by atoms with van der Waals surface area (Å²) in [5.41, 5.74) is 0.947. The highest BCUT2D eigenvalue weighted by Crippen LogP contribution is 2.19. The topological polar surface area (TPSA) is 56.5 Å². The molecule has 3 aromatic rings. The lowest BCUT2D eigenvalue weighted by Gasteiger charge is -2.04. The highest BCUT2D eigenvalue weighted by molar-refractivity contribution is 7.85. The van der Waals surface area contributed by atoms with Crippen molar-refractivity contribution in [1.82, 2.24) is 0 Å². The van der Waals surface area contributed by atoms with E-state index in [0.717, 1.165) is 11.3 Å². The van der Waals surface area contributed by atoms with Crippen molar-refractivity contribution in [3.63, 3.8) is 0 Å². The molecule has 4 nitrogen and oxygen atoms in total. The fourth-order valence-electron chi connectivity index (χ4n) is 2.35. The zero-order chi connectivity index (χ0) is 17.6. The number of aryl methyl sites for hydroxylation is 1. The summed E-state index contributed by atoms with van der Waals surface area (Å²) in [6.07, 6.45) is 0. The zero-order valence-electron chi connectivity index (χ0n) is 13.7. The number of ether oxygens (including phenoxy) is 1. The van der Waals surface area contributed by atoms with Gasteiger partial charge in [0.15, 0.2) is 0 Å². The predicted octanol–water partition coefficient (Wildman–Crippen LogP) is 3.29. The molecule has 0 aliphatic heterocycles. The van der Waals surface area contributed by atoms with E-state index in [1.807, 2.05) is 37.3 Å². The van der Waals surface area contributed by atoms with Crippen molar-refractivity contribution >= 4 is 21.8 Å². The van der Waals surface area contributed by atoms with Gasteiger partial charge >= 0.3 is 5.63 Å². The van der Waals surface area contributed by atoms with E-state index in [2.05, 4.69) is 11.8 Å². The average molecular weight is 352 g/mol. The first kappa shape index (κ1) is 17.0. The minimum Gasteiger partial charge on any atom is -0.481 e. The second-order valence-corrected chi connectivity index (χ2v) is 6.74. The maximum absolute atomic E-state index is 12.5. The quantitative estimate of drug-likeness (QED) is 0.534. The van der Waals surface area contributed by atoms with Crippen molar-refractivity contribution < 1.29 is 13.4 Å². The van der Waals surface area contributed by atoms with E-state index in [-0.39, 0.29) is 12.4 Å². The summed E-state index contributed by atoms with van der Waals surface area (Å²) in [5, 5.41) is 0.665. The molecule has 25 heavy (non-hydrogen) atoms. The number of hydrogen-bond donors (Lipinski definition) is 0. The summed E-state index contributed by atoms with van der Waals surface area (Å²) in [5.74, 6) is 6.62. The van der Waals surface area contributed by atoms with Crippen LogP contribution in [0.15, 0.2) is 68.7 Å². The Morgan fingerprint density at radius 1 is 1.08 bits per heavy atom. The molecule has 0 saturated heterocycles. The Bertz CT molecular complexity index is 1040. The van der Waals surface area contributed by atoms with Crippen LogP contribution < -0.4 is 10.4 Å². The number of fused-ring (bicyclic) bond motifs is 1. The Labute approximate surface area is 147 Å². The number of rotatable bonds is 4. The lowest BCUT2D eigenvalue weighted by Crippen LogP contribution is -2.04. The highest BCUT2D eigenvalue weighted by atomic mass is 32.2. The molecule has 0 amide bonds. The number of para-hydroxylation sites is 2. The monoisotopic (exact) mass is 352 g/mol. The molecule has 1 atom stereocenters. The van der Waals surface area contributed by atoms with E-state index in [1.165, 1.54) is 6.07 Å². The van der Waals surface area contributed by atoms with Crippen molar-refractivity contribution in [3.8, 4) is 17.6 Å². The molecule has 3 rings (SSSR count). The van der Waals surface area contributed by atoms with Gasteiger partial charge in [0, 0.05) is 11.5 Å². The maximum Gasteiger partial charge on any atom is 0.337 e. The molecule has 0 bridgehead atoms. The van der Waals surface area contributed by atoms with Crippen LogP contribution in [0, 0.1) is 18.8 Å². The summed E-state index contributed by atoms with van der Waals surface area (Å²) in [6, 6.07) is 16.0. The SMILES string of the molecule is Cc1ccccc1OCC#CCS(=O)c1cc(=O)oc2ccccc12. The van der Waals surface area contributed by atoms with E-state index in [0.29, 0.717) is 15.9 Å². The van der Waals surface area contributed by atoms with Gasteiger partial charge in [-0.15, -0.1) is 0 Å². The Kier molecular flexibility index (Phi) is 5.32. The van der Waals surface area contributed by atoms with E-state index in [1.54, 1.807) is 18.2 Å². The molecule has 126 valence electrons. The lowest BCUT2D eigenvalue weighted by molar-refractivity contribution is 0.367. The first-order chi connectivity index (χ1) is 12.1. The molecular formula is C20H16O4S. The zero-order valence-corrected chi connectivity index (χ0v) is 14.5. The lowest BCUT2D eigenvalue weighted by atomic mass is 10.2. The predicted molar refractivity (Wildman–Crippen MR) is 98.2 cm³/mol. The first-order valence-electron chi connectivity index (χ1n) is 7.70. The van der Waals surface area contributed by atoms with Gasteiger partial charge in [-0.2, -0.15) is 0 Å². The molecule has 0 saturated carbocycles. The van der Waals surface area contributed by atoms with Crippen LogP contribution in [0.2, 0.25) is 0 Å². The Balaban J connectivity index is 1.68. The molecule has 0 N–H and O–H groups in total. The molecule has 1 aromatic heterocycles. The normalized spacial score (nSPS) is 11.6. The molecule has 2 aromatic carbocycles. The van der Waals surface area contributed by atoms with Crippen LogP contribution in [-0.2, 0) is 10.8 Å². The van der Waals surface area contributed by atoms with Crippen LogP contribution in [0.25, 0.3) is 11.0 Å². The van der Waals surface area contributed by atoms with Gasteiger partial charge in [-0.1, -0.05) is 48.2 Å². The molecule has 5 heteroatoms. The molecule has 0 aliphatic carbocycles. The summed E-state index contributed by atoms with van der Waals surface area (Å²) in [7, 11) is -1.41. The van der Waals surface area contributed by atoms with Gasteiger partial charge in [0.1, 0.15) is 17.9 Å². The van der Waals surface area contributed by atoms with Crippen LogP contribution >= 0.6 is 0 Å². The van der Waals surface area contributed by atoms with Gasteiger partial charge in [-0.05, 0) is 24.6 Å². The van der Waals surface area contributed by atoms with Crippen LogP contribution in [0.3, 0.4) is 0 Å². The maximum atomic E-state index is 12.5. The Morgan fingerprint density at radius 3 is 2.68 bits per heavy atom. The Hall–Kier alpha value is -2.84. The van der Waals surface area contributed by atoms with Gasteiger partial charge in [-0.3, -0.25) is 4.21 Å². The smallest absolute Gasteiger partial charge is 0.337 e. The molecular weight excluding hydrogens is 336 g/mol. The fourth-order valence-corrected chi connectivity index (χ4v) is 3.38. The fraction of sp³-hybridized carbons (Fsp3) is 0.150. The third-order valence-electron chi connectivity index (χ3n) is 3.58. The third kappa shape index (κ3) is 4.17. The van der Waals surface area contributed by atoms with Gasteiger partial charge < -0.3 is 9.15 Å². The molecule has 0 fully saturated rings. The van der Waals surface area contributed by atoms with E-state index >= 15 is 0 Å². The highest BCUT2D eigenvalue weighted by Gasteiger charge is 2.10. The van der Waals surface area contributed by atoms with Crippen LogP contribution in [0.1, 0.15) is 5.56 Å². The van der Waals surface area contributed by atoms with Crippen molar-refractivity contribution in [2.45, 2.75) is 11.8 Å². The molecule has 0 spiro atoms. The van der Waals surface area contributed by atoms with E-state index in [9.17, 15) is 9.00 Å². The largest absolute Gasteiger partial charge is 0.481 e. The van der Waals surface area contributed by atoms with Gasteiger partial charge in [0.25, 0.3) is 0 Å². The first-order valence-corrected chi connectivity index (χ1v) is 9.02. The van der Waals surface area contributed by atoms with Crippen molar-refractivity contribution in [1.29, 1.82) is 0 Å². The molecule has 0 radical (unpaired) electrons. The minimum absolute atomic E-state index is 0.130. The summed E-state index contributed by atoms with van der Waals surface area (Å²) in [6.45, 7) is 2.18.